The summed E-state index contributed by atoms with van der Waals surface area (Å²) in [7, 11) is -0.351. The maximum Gasteiger partial charge on any atom is 0.0549 e. The highest BCUT2D eigenvalue weighted by Crippen LogP contribution is 1.78. The van der Waals surface area contributed by atoms with E-state index in [0.717, 1.165) is 0 Å². The van der Waals surface area contributed by atoms with Crippen molar-refractivity contribution in [2.75, 3.05) is 0 Å². The second-order valence-corrected chi connectivity index (χ2v) is 4.64. The van der Waals surface area contributed by atoms with Gasteiger partial charge in [0.25, 0.3) is 0 Å². The van der Waals surface area contributed by atoms with E-state index in [1.807, 2.05) is 0 Å². The van der Waals surface area contributed by atoms with Gasteiger partial charge < -0.3 is 0 Å². The zero-order valence-electron chi connectivity index (χ0n) is 4.73. The third-order valence-electron chi connectivity index (χ3n) is 0.577. The molecule has 0 heterocycles. The molecule has 0 aliphatic carbocycles. The third kappa shape index (κ3) is 3.96. The van der Waals surface area contributed by atoms with Gasteiger partial charge in [-0.3, -0.25) is 0 Å². The Morgan fingerprint density at radius 3 is 1.83 bits per heavy atom. The molecule has 36 valence electrons. The van der Waals surface area contributed by atoms with Gasteiger partial charge in [-0.05, 0) is 6.92 Å². The Morgan fingerprint density at radius 1 is 1.33 bits per heavy atom. The van der Waals surface area contributed by atoms with Crippen LogP contribution in [0.3, 0.4) is 0 Å². The second kappa shape index (κ2) is 3.16. The van der Waals surface area contributed by atoms with Crippen LogP contribution in [0.15, 0.2) is 11.8 Å². The van der Waals surface area contributed by atoms with Crippen molar-refractivity contribution in [2.45, 2.75) is 20.0 Å². The summed E-state index contributed by atoms with van der Waals surface area (Å²) in [5.74, 6) is 0. The summed E-state index contributed by atoms with van der Waals surface area (Å²) < 4.78 is 0. The molecule has 0 fully saturated rings. The van der Waals surface area contributed by atoms with Crippen molar-refractivity contribution < 1.29 is 0 Å². The maximum atomic E-state index is 2.31. The highest BCUT2D eigenvalue weighted by Gasteiger charge is 1.79. The minimum absolute atomic E-state index is 0.351. The van der Waals surface area contributed by atoms with Gasteiger partial charge in [-0.1, -0.05) is 19.2 Å². The van der Waals surface area contributed by atoms with Gasteiger partial charge in [-0.25, -0.2) is 0 Å². The lowest BCUT2D eigenvalue weighted by Gasteiger charge is -1.84. The molecular weight excluding hydrogens is 88.1 g/mol. The third-order valence-corrected chi connectivity index (χ3v) is 1.73. The first kappa shape index (κ1) is 5.96. The largest absolute Gasteiger partial charge is 0.102 e. The zero-order chi connectivity index (χ0) is 4.99. The SMILES string of the molecule is C/C=C/[SiH](C)C. The van der Waals surface area contributed by atoms with Gasteiger partial charge in [0.15, 0.2) is 0 Å². The molecule has 0 radical (unpaired) electrons. The molecule has 0 aliphatic rings. The fourth-order valence-electron chi connectivity index (χ4n) is 0.385. The minimum atomic E-state index is -0.351. The fourth-order valence-corrected chi connectivity index (χ4v) is 1.15. The molecule has 6 heavy (non-hydrogen) atoms. The topological polar surface area (TPSA) is 0 Å². The lowest BCUT2D eigenvalue weighted by atomic mass is 10.8. The summed E-state index contributed by atoms with van der Waals surface area (Å²) >= 11 is 0. The van der Waals surface area contributed by atoms with Crippen molar-refractivity contribution in [2.24, 2.45) is 0 Å². The molecule has 0 saturated heterocycles. The molecule has 0 aromatic heterocycles. The molecule has 0 aromatic carbocycles. The lowest BCUT2D eigenvalue weighted by Crippen LogP contribution is -1.90. The minimum Gasteiger partial charge on any atom is -0.102 e. The van der Waals surface area contributed by atoms with E-state index in [2.05, 4.69) is 31.8 Å². The van der Waals surface area contributed by atoms with Crippen LogP contribution in [-0.2, 0) is 0 Å². The smallest absolute Gasteiger partial charge is 0.0549 e. The van der Waals surface area contributed by atoms with Crippen molar-refractivity contribution >= 4 is 8.80 Å². The van der Waals surface area contributed by atoms with Crippen LogP contribution < -0.4 is 0 Å². The van der Waals surface area contributed by atoms with Crippen molar-refractivity contribution in [3.63, 3.8) is 0 Å². The van der Waals surface area contributed by atoms with E-state index < -0.39 is 0 Å². The number of allylic oxidation sites excluding steroid dienone is 1. The predicted octanol–water partition coefficient (Wildman–Crippen LogP) is 1.59. The molecule has 0 nitrogen and oxygen atoms in total. The summed E-state index contributed by atoms with van der Waals surface area (Å²) in [6.07, 6.45) is 2.14. The van der Waals surface area contributed by atoms with Crippen LogP contribution in [0, 0.1) is 0 Å². The van der Waals surface area contributed by atoms with E-state index in [0.29, 0.717) is 0 Å². The number of hydrogen-bond donors (Lipinski definition) is 0. The van der Waals surface area contributed by atoms with Crippen LogP contribution in [0.5, 0.6) is 0 Å². The molecule has 0 saturated carbocycles. The molecule has 0 amide bonds. The number of hydrogen-bond acceptors (Lipinski definition) is 0. The molecule has 0 atom stereocenters. The van der Waals surface area contributed by atoms with E-state index in [1.54, 1.807) is 0 Å². The van der Waals surface area contributed by atoms with Gasteiger partial charge in [0, 0.05) is 0 Å². The zero-order valence-corrected chi connectivity index (χ0v) is 5.89. The normalized spacial score (nSPS) is 11.3. The predicted molar refractivity (Wildman–Crippen MR) is 33.7 cm³/mol. The first-order valence-electron chi connectivity index (χ1n) is 2.40. The molecular formula is C5H12Si. The second-order valence-electron chi connectivity index (χ2n) is 1.77. The van der Waals surface area contributed by atoms with Crippen LogP contribution >= 0.6 is 0 Å². The highest BCUT2D eigenvalue weighted by atomic mass is 28.3. The Kier molecular flexibility index (Phi) is 3.14. The van der Waals surface area contributed by atoms with E-state index in [-0.39, 0.29) is 8.80 Å². The molecule has 0 N–H and O–H groups in total. The first-order chi connectivity index (χ1) is 2.77. The summed E-state index contributed by atoms with van der Waals surface area (Å²) in [5.41, 5.74) is 2.31. The van der Waals surface area contributed by atoms with E-state index in [4.69, 9.17) is 0 Å². The van der Waals surface area contributed by atoms with Crippen molar-refractivity contribution in [3.8, 4) is 0 Å². The van der Waals surface area contributed by atoms with Crippen LogP contribution in [-0.4, -0.2) is 8.80 Å². The Balaban J connectivity index is 3.03. The molecule has 0 bridgehead atoms. The van der Waals surface area contributed by atoms with E-state index in [1.165, 1.54) is 0 Å². The summed E-state index contributed by atoms with van der Waals surface area (Å²) in [4.78, 5) is 0. The molecule has 0 spiro atoms. The average molecular weight is 100 g/mol. The molecule has 0 unspecified atom stereocenters. The Bertz CT molecular complexity index is 45.9. The maximum absolute atomic E-state index is 2.31. The van der Waals surface area contributed by atoms with Crippen molar-refractivity contribution in [1.29, 1.82) is 0 Å². The summed E-state index contributed by atoms with van der Waals surface area (Å²) in [6.45, 7) is 6.69. The fraction of sp³-hybridized carbons (Fsp3) is 0.600. The molecule has 0 aliphatic heterocycles. The standard InChI is InChI=1S/C5H12Si/c1-4-5-6(2)3/h4-6H,1-3H3/b5-4+. The van der Waals surface area contributed by atoms with Gasteiger partial charge >= 0.3 is 0 Å². The first-order valence-corrected chi connectivity index (χ1v) is 5.37. The van der Waals surface area contributed by atoms with Crippen LogP contribution in [0.25, 0.3) is 0 Å². The molecule has 0 rings (SSSR count). The molecule has 1 heteroatoms. The van der Waals surface area contributed by atoms with Crippen LogP contribution in [0.1, 0.15) is 6.92 Å². The van der Waals surface area contributed by atoms with Gasteiger partial charge in [0.1, 0.15) is 0 Å². The average Bonchev–Trinajstić information content (AvgIpc) is 1.35. The molecule has 0 aromatic rings. The van der Waals surface area contributed by atoms with Crippen LogP contribution in [0.4, 0.5) is 0 Å². The number of rotatable bonds is 1. The van der Waals surface area contributed by atoms with Gasteiger partial charge in [-0.2, -0.15) is 0 Å². The Labute approximate surface area is 41.5 Å². The van der Waals surface area contributed by atoms with Gasteiger partial charge in [0.05, 0.1) is 8.80 Å². The van der Waals surface area contributed by atoms with Crippen molar-refractivity contribution in [1.82, 2.24) is 0 Å². The Morgan fingerprint density at radius 2 is 1.83 bits per heavy atom. The van der Waals surface area contributed by atoms with Crippen molar-refractivity contribution in [3.05, 3.63) is 11.8 Å². The van der Waals surface area contributed by atoms with Gasteiger partial charge in [0.2, 0.25) is 0 Å². The lowest BCUT2D eigenvalue weighted by molar-refractivity contribution is 1.76. The highest BCUT2D eigenvalue weighted by molar-refractivity contribution is 6.61. The summed E-state index contributed by atoms with van der Waals surface area (Å²) in [6, 6.07) is 0. The summed E-state index contributed by atoms with van der Waals surface area (Å²) in [5, 5.41) is 0. The monoisotopic (exact) mass is 100 g/mol. The van der Waals surface area contributed by atoms with E-state index >= 15 is 0 Å². The van der Waals surface area contributed by atoms with Crippen LogP contribution in [0.2, 0.25) is 13.1 Å². The Hall–Kier alpha value is -0.0431. The van der Waals surface area contributed by atoms with Gasteiger partial charge in [-0.15, -0.1) is 5.70 Å². The van der Waals surface area contributed by atoms with E-state index in [9.17, 15) is 0 Å². The quantitative estimate of drug-likeness (QED) is 0.439.